The molecule has 1 aromatic rings. The molecule has 0 aliphatic rings. The van der Waals surface area contributed by atoms with E-state index in [1.54, 1.807) is 26.0 Å². The zero-order valence-corrected chi connectivity index (χ0v) is 10.8. The maximum atomic E-state index is 11.9. The van der Waals surface area contributed by atoms with Crippen LogP contribution in [-0.4, -0.2) is 35.1 Å². The number of furan rings is 1. The van der Waals surface area contributed by atoms with Gasteiger partial charge in [-0.15, -0.1) is 6.42 Å². The van der Waals surface area contributed by atoms with Gasteiger partial charge in [0.2, 0.25) is 0 Å². The van der Waals surface area contributed by atoms with Crippen LogP contribution >= 0.6 is 0 Å². The molecule has 6 nitrogen and oxygen atoms in total. The molecular formula is C13H16N2O4. The molecule has 1 unspecified atom stereocenters. The lowest BCUT2D eigenvalue weighted by molar-refractivity contribution is -0.137. The van der Waals surface area contributed by atoms with Crippen LogP contribution in [0.15, 0.2) is 16.5 Å². The van der Waals surface area contributed by atoms with Crippen molar-refractivity contribution < 1.29 is 19.1 Å². The van der Waals surface area contributed by atoms with E-state index in [1.165, 1.54) is 0 Å². The van der Waals surface area contributed by atoms with Gasteiger partial charge in [-0.25, -0.2) is 4.79 Å². The van der Waals surface area contributed by atoms with Crippen LogP contribution in [0, 0.1) is 19.3 Å². The van der Waals surface area contributed by atoms with Crippen LogP contribution in [0.5, 0.6) is 0 Å². The number of carboxylic acids is 1. The first-order valence-electron chi connectivity index (χ1n) is 5.71. The Balaban J connectivity index is 2.65. The molecule has 1 rings (SSSR count). The number of terminal acetylenes is 1. The molecule has 2 amide bonds. The smallest absolute Gasteiger partial charge is 0.323 e. The Bertz CT molecular complexity index is 501. The summed E-state index contributed by atoms with van der Waals surface area (Å²) < 4.78 is 5.38. The van der Waals surface area contributed by atoms with Crippen molar-refractivity contribution in [2.75, 3.05) is 13.1 Å². The first kappa shape index (κ1) is 14.6. The second kappa shape index (κ2) is 6.50. The molecule has 2 N–H and O–H groups in total. The number of aliphatic carboxylic acids is 1. The Hall–Kier alpha value is -2.42. The monoisotopic (exact) mass is 264 g/mol. The summed E-state index contributed by atoms with van der Waals surface area (Å²) in [6.45, 7) is 3.03. The van der Waals surface area contributed by atoms with Gasteiger partial charge in [0.15, 0.2) is 0 Å². The van der Waals surface area contributed by atoms with Crippen molar-refractivity contribution in [3.05, 3.63) is 23.7 Å². The molecule has 6 heteroatoms. The van der Waals surface area contributed by atoms with E-state index in [-0.39, 0.29) is 12.6 Å². The van der Waals surface area contributed by atoms with E-state index < -0.39 is 18.5 Å². The van der Waals surface area contributed by atoms with Gasteiger partial charge in [-0.05, 0) is 26.0 Å². The molecule has 102 valence electrons. The number of carbonyl (C=O) groups is 2. The van der Waals surface area contributed by atoms with Gasteiger partial charge in [-0.2, -0.15) is 0 Å². The van der Waals surface area contributed by atoms with Crippen LogP contribution in [0.3, 0.4) is 0 Å². The number of nitrogens with one attached hydrogen (secondary N) is 1. The van der Waals surface area contributed by atoms with Crippen molar-refractivity contribution in [1.82, 2.24) is 10.2 Å². The Labute approximate surface area is 111 Å². The summed E-state index contributed by atoms with van der Waals surface area (Å²) in [7, 11) is 0. The van der Waals surface area contributed by atoms with Crippen LogP contribution in [0.4, 0.5) is 4.79 Å². The normalized spacial score (nSPS) is 11.4. The number of carbonyl (C=O) groups excluding carboxylic acids is 1. The Morgan fingerprint density at radius 3 is 2.74 bits per heavy atom. The summed E-state index contributed by atoms with van der Waals surface area (Å²) in [5.41, 5.74) is 0. The van der Waals surface area contributed by atoms with Crippen molar-refractivity contribution >= 4 is 12.0 Å². The second-order valence-corrected chi connectivity index (χ2v) is 4.07. The van der Waals surface area contributed by atoms with Gasteiger partial charge >= 0.3 is 12.0 Å². The topological polar surface area (TPSA) is 82.8 Å². The second-order valence-electron chi connectivity index (χ2n) is 4.07. The minimum Gasteiger partial charge on any atom is -0.480 e. The molecule has 0 radical (unpaired) electrons. The zero-order valence-electron chi connectivity index (χ0n) is 10.8. The first-order valence-corrected chi connectivity index (χ1v) is 5.71. The molecule has 1 aromatic heterocycles. The minimum absolute atomic E-state index is 0.0674. The van der Waals surface area contributed by atoms with Crippen molar-refractivity contribution in [3.8, 4) is 12.3 Å². The van der Waals surface area contributed by atoms with Gasteiger partial charge in [0.05, 0.1) is 12.6 Å². The number of urea groups is 1. The lowest BCUT2D eigenvalue weighted by Gasteiger charge is -2.21. The fourth-order valence-corrected chi connectivity index (χ4v) is 1.51. The van der Waals surface area contributed by atoms with Gasteiger partial charge in [-0.1, -0.05) is 5.92 Å². The quantitative estimate of drug-likeness (QED) is 0.787. The Morgan fingerprint density at radius 2 is 2.26 bits per heavy atom. The summed E-state index contributed by atoms with van der Waals surface area (Å²) in [5, 5.41) is 11.3. The highest BCUT2D eigenvalue weighted by molar-refractivity contribution is 5.80. The Kier molecular flexibility index (Phi) is 5.01. The fraction of sp³-hybridized carbons (Fsp3) is 0.385. The summed E-state index contributed by atoms with van der Waals surface area (Å²) in [6.07, 6.45) is 5.11. The summed E-state index contributed by atoms with van der Waals surface area (Å²) in [5.74, 6) is 2.47. The summed E-state index contributed by atoms with van der Waals surface area (Å²) >= 11 is 0. The van der Waals surface area contributed by atoms with E-state index in [9.17, 15) is 9.59 Å². The van der Waals surface area contributed by atoms with E-state index in [1.807, 2.05) is 0 Å². The van der Waals surface area contributed by atoms with Crippen molar-refractivity contribution in [1.29, 1.82) is 0 Å². The molecular weight excluding hydrogens is 248 g/mol. The lowest BCUT2D eigenvalue weighted by Crippen LogP contribution is -2.43. The van der Waals surface area contributed by atoms with E-state index in [4.69, 9.17) is 15.9 Å². The van der Waals surface area contributed by atoms with E-state index in [2.05, 4.69) is 11.2 Å². The third-order valence-corrected chi connectivity index (χ3v) is 2.42. The molecule has 0 bridgehead atoms. The van der Waals surface area contributed by atoms with E-state index in [0.29, 0.717) is 5.76 Å². The number of nitrogens with zero attached hydrogens (tertiary/aromatic N) is 1. The van der Waals surface area contributed by atoms with Crippen molar-refractivity contribution in [2.45, 2.75) is 19.9 Å². The van der Waals surface area contributed by atoms with E-state index in [0.717, 1.165) is 10.7 Å². The lowest BCUT2D eigenvalue weighted by atomic mass is 10.2. The van der Waals surface area contributed by atoms with E-state index >= 15 is 0 Å². The van der Waals surface area contributed by atoms with Crippen molar-refractivity contribution in [3.63, 3.8) is 0 Å². The number of hydrogen-bond donors (Lipinski definition) is 2. The molecule has 0 saturated heterocycles. The number of carboxylic acid groups (broad SMARTS) is 1. The third-order valence-electron chi connectivity index (χ3n) is 2.42. The third kappa shape index (κ3) is 4.39. The SMILES string of the molecule is C#CCN(CC(=O)O)C(=O)NC(C)c1ccc(C)o1. The zero-order chi connectivity index (χ0) is 14.4. The predicted molar refractivity (Wildman–Crippen MR) is 68.4 cm³/mol. The summed E-state index contributed by atoms with van der Waals surface area (Å²) in [4.78, 5) is 23.5. The molecule has 19 heavy (non-hydrogen) atoms. The largest absolute Gasteiger partial charge is 0.480 e. The number of hydrogen-bond acceptors (Lipinski definition) is 3. The summed E-state index contributed by atoms with van der Waals surface area (Å²) in [6, 6.07) is 2.63. The molecule has 0 fully saturated rings. The minimum atomic E-state index is -1.12. The van der Waals surface area contributed by atoms with Gasteiger partial charge in [0.1, 0.15) is 18.1 Å². The van der Waals surface area contributed by atoms with Gasteiger partial charge in [0, 0.05) is 0 Å². The highest BCUT2D eigenvalue weighted by Gasteiger charge is 2.19. The fourth-order valence-electron chi connectivity index (χ4n) is 1.51. The molecule has 0 aromatic carbocycles. The highest BCUT2D eigenvalue weighted by Crippen LogP contribution is 2.15. The maximum absolute atomic E-state index is 11.9. The number of aryl methyl sites for hydroxylation is 1. The standard InChI is InChI=1S/C13H16N2O4/c1-4-7-15(8-12(16)17)13(18)14-10(3)11-6-5-9(2)19-11/h1,5-6,10H,7-8H2,2-3H3,(H,14,18)(H,16,17). The van der Waals surface area contributed by atoms with Crippen LogP contribution in [-0.2, 0) is 4.79 Å². The van der Waals surface area contributed by atoms with Gasteiger partial charge in [0.25, 0.3) is 0 Å². The average molecular weight is 264 g/mol. The molecule has 0 aliphatic heterocycles. The molecule has 0 spiro atoms. The predicted octanol–water partition coefficient (Wildman–Crippen LogP) is 1.38. The average Bonchev–Trinajstić information content (AvgIpc) is 2.74. The molecule has 1 atom stereocenters. The molecule has 0 aliphatic carbocycles. The Morgan fingerprint density at radius 1 is 1.58 bits per heavy atom. The number of rotatable bonds is 5. The van der Waals surface area contributed by atoms with Gasteiger partial charge in [-0.3, -0.25) is 4.79 Å². The van der Waals surface area contributed by atoms with Crippen LogP contribution in [0.2, 0.25) is 0 Å². The molecule has 0 saturated carbocycles. The highest BCUT2D eigenvalue weighted by atomic mass is 16.4. The molecule has 1 heterocycles. The number of amides is 2. The van der Waals surface area contributed by atoms with Gasteiger partial charge < -0.3 is 19.7 Å². The van der Waals surface area contributed by atoms with Crippen LogP contribution in [0.25, 0.3) is 0 Å². The van der Waals surface area contributed by atoms with Crippen molar-refractivity contribution in [2.24, 2.45) is 0 Å². The van der Waals surface area contributed by atoms with Crippen LogP contribution in [0.1, 0.15) is 24.5 Å². The maximum Gasteiger partial charge on any atom is 0.323 e. The van der Waals surface area contributed by atoms with Crippen LogP contribution < -0.4 is 5.32 Å². The first-order chi connectivity index (χ1) is 8.93.